The number of nitrogens with one attached hydrogen (secondary N) is 2. The molecule has 1 heterocycles. The molecule has 2 aromatic carbocycles. The number of benzene rings is 2. The van der Waals surface area contributed by atoms with Gasteiger partial charge >= 0.3 is 0 Å². The van der Waals surface area contributed by atoms with E-state index in [9.17, 15) is 14.0 Å². The second-order valence-corrected chi connectivity index (χ2v) is 6.37. The molecule has 6 nitrogen and oxygen atoms in total. The van der Waals surface area contributed by atoms with Gasteiger partial charge in [-0.1, -0.05) is 13.0 Å². The Morgan fingerprint density at radius 2 is 1.90 bits per heavy atom. The lowest BCUT2D eigenvalue weighted by Crippen LogP contribution is -2.15. The smallest absolute Gasteiger partial charge is 0.259 e. The van der Waals surface area contributed by atoms with Gasteiger partial charge in [-0.3, -0.25) is 9.59 Å². The molecule has 0 radical (unpaired) electrons. The lowest BCUT2D eigenvalue weighted by atomic mass is 10.2. The van der Waals surface area contributed by atoms with Gasteiger partial charge in [0.05, 0.1) is 24.1 Å². The number of anilines is 2. The van der Waals surface area contributed by atoms with E-state index in [1.54, 1.807) is 31.2 Å². The van der Waals surface area contributed by atoms with Crippen LogP contribution in [-0.2, 0) is 0 Å². The van der Waals surface area contributed by atoms with Gasteiger partial charge in [0.25, 0.3) is 11.8 Å². The Balaban J connectivity index is 1.73. The molecule has 2 amide bonds. The van der Waals surface area contributed by atoms with E-state index in [2.05, 4.69) is 10.6 Å². The van der Waals surface area contributed by atoms with E-state index in [-0.39, 0.29) is 11.6 Å². The SMILES string of the molecule is CCCOc1cccc(C(=O)Nc2ccc(F)c(NC(=O)c3ccoc3C)c2)c1. The highest BCUT2D eigenvalue weighted by atomic mass is 19.1. The van der Waals surface area contributed by atoms with E-state index >= 15 is 0 Å². The Bertz CT molecular complexity index is 1030. The molecule has 0 saturated heterocycles. The highest BCUT2D eigenvalue weighted by molar-refractivity contribution is 6.06. The summed E-state index contributed by atoms with van der Waals surface area (Å²) in [5, 5.41) is 5.19. The number of aryl methyl sites for hydroxylation is 1. The number of halogens is 1. The van der Waals surface area contributed by atoms with Crippen molar-refractivity contribution in [3.8, 4) is 5.75 Å². The summed E-state index contributed by atoms with van der Waals surface area (Å²) >= 11 is 0. The predicted octanol–water partition coefficient (Wildman–Crippen LogP) is 5.02. The maximum absolute atomic E-state index is 14.1. The molecule has 0 atom stereocenters. The van der Waals surface area contributed by atoms with Gasteiger partial charge in [0.15, 0.2) is 0 Å². The maximum atomic E-state index is 14.1. The Labute approximate surface area is 167 Å². The predicted molar refractivity (Wildman–Crippen MR) is 108 cm³/mol. The maximum Gasteiger partial charge on any atom is 0.259 e. The van der Waals surface area contributed by atoms with Crippen LogP contribution in [0.25, 0.3) is 0 Å². The summed E-state index contributed by atoms with van der Waals surface area (Å²) in [4.78, 5) is 24.8. The Morgan fingerprint density at radius 3 is 2.62 bits per heavy atom. The average molecular weight is 396 g/mol. The van der Waals surface area contributed by atoms with E-state index in [1.165, 1.54) is 30.5 Å². The third kappa shape index (κ3) is 5.01. The Kier molecular flexibility index (Phi) is 6.29. The molecule has 2 N–H and O–H groups in total. The van der Waals surface area contributed by atoms with Gasteiger partial charge in [-0.15, -0.1) is 0 Å². The highest BCUT2D eigenvalue weighted by Crippen LogP contribution is 2.22. The van der Waals surface area contributed by atoms with Gasteiger partial charge in [0, 0.05) is 11.3 Å². The summed E-state index contributed by atoms with van der Waals surface area (Å²) in [6.07, 6.45) is 2.24. The number of rotatable bonds is 7. The molecule has 0 spiro atoms. The third-order valence-electron chi connectivity index (χ3n) is 4.14. The van der Waals surface area contributed by atoms with Crippen molar-refractivity contribution in [2.45, 2.75) is 20.3 Å². The molecule has 7 heteroatoms. The van der Waals surface area contributed by atoms with Crippen LogP contribution in [0.2, 0.25) is 0 Å². The van der Waals surface area contributed by atoms with Crippen molar-refractivity contribution < 1.29 is 23.1 Å². The topological polar surface area (TPSA) is 80.6 Å². The number of carbonyl (C=O) groups is 2. The van der Waals surface area contributed by atoms with Crippen molar-refractivity contribution in [3.05, 3.63) is 77.5 Å². The van der Waals surface area contributed by atoms with Gasteiger partial charge < -0.3 is 19.8 Å². The molecule has 0 fully saturated rings. The van der Waals surface area contributed by atoms with Crippen LogP contribution in [0, 0.1) is 12.7 Å². The summed E-state index contributed by atoms with van der Waals surface area (Å²) in [7, 11) is 0. The Morgan fingerprint density at radius 1 is 1.07 bits per heavy atom. The standard InChI is InChI=1S/C22H21FN2O4/c1-3-10-29-17-6-4-5-15(12-17)21(26)24-16-7-8-19(23)20(13-16)25-22(27)18-9-11-28-14(18)2/h4-9,11-13H,3,10H2,1-2H3,(H,24,26)(H,25,27). The molecule has 0 saturated carbocycles. The van der Waals surface area contributed by atoms with Crippen LogP contribution >= 0.6 is 0 Å². The molecule has 3 rings (SSSR count). The number of hydrogen-bond donors (Lipinski definition) is 2. The van der Waals surface area contributed by atoms with E-state index in [0.29, 0.717) is 34.9 Å². The van der Waals surface area contributed by atoms with Crippen molar-refractivity contribution in [2.75, 3.05) is 17.2 Å². The van der Waals surface area contributed by atoms with Crippen molar-refractivity contribution in [1.29, 1.82) is 0 Å². The van der Waals surface area contributed by atoms with Gasteiger partial charge in [-0.05, 0) is 55.8 Å². The zero-order chi connectivity index (χ0) is 20.8. The zero-order valence-electron chi connectivity index (χ0n) is 16.1. The molecule has 0 aliphatic rings. The number of carbonyl (C=O) groups excluding carboxylic acids is 2. The first kappa shape index (κ1) is 20.1. The molecule has 29 heavy (non-hydrogen) atoms. The normalized spacial score (nSPS) is 10.4. The molecule has 0 aliphatic carbocycles. The zero-order valence-corrected chi connectivity index (χ0v) is 16.1. The van der Waals surface area contributed by atoms with Gasteiger partial charge in [0.1, 0.15) is 17.3 Å². The van der Waals surface area contributed by atoms with Crippen molar-refractivity contribution in [1.82, 2.24) is 0 Å². The summed E-state index contributed by atoms with van der Waals surface area (Å²) in [6.45, 7) is 4.19. The first-order valence-electron chi connectivity index (χ1n) is 9.17. The minimum absolute atomic E-state index is 0.0478. The molecule has 0 aliphatic heterocycles. The largest absolute Gasteiger partial charge is 0.494 e. The fourth-order valence-electron chi connectivity index (χ4n) is 2.66. The second kappa shape index (κ2) is 9.05. The molecule has 1 aromatic heterocycles. The minimum Gasteiger partial charge on any atom is -0.494 e. The first-order chi connectivity index (χ1) is 14.0. The Hall–Kier alpha value is -3.61. The van der Waals surface area contributed by atoms with E-state index in [4.69, 9.17) is 9.15 Å². The summed E-state index contributed by atoms with van der Waals surface area (Å²) in [5.74, 6) is -0.465. The average Bonchev–Trinajstić information content (AvgIpc) is 3.15. The summed E-state index contributed by atoms with van der Waals surface area (Å²) in [5.41, 5.74) is 1.01. The van der Waals surface area contributed by atoms with Crippen molar-refractivity contribution >= 4 is 23.2 Å². The van der Waals surface area contributed by atoms with Crippen molar-refractivity contribution in [2.24, 2.45) is 0 Å². The molecule has 150 valence electrons. The van der Waals surface area contributed by atoms with Crippen LogP contribution in [0.5, 0.6) is 5.75 Å². The fourth-order valence-corrected chi connectivity index (χ4v) is 2.66. The van der Waals surface area contributed by atoms with E-state index in [0.717, 1.165) is 6.42 Å². The first-order valence-corrected chi connectivity index (χ1v) is 9.17. The summed E-state index contributed by atoms with van der Waals surface area (Å²) in [6, 6.07) is 12.2. The third-order valence-corrected chi connectivity index (χ3v) is 4.14. The van der Waals surface area contributed by atoms with Gasteiger partial charge in [-0.25, -0.2) is 4.39 Å². The van der Waals surface area contributed by atoms with Crippen LogP contribution in [0.4, 0.5) is 15.8 Å². The number of ether oxygens (including phenoxy) is 1. The van der Waals surface area contributed by atoms with Gasteiger partial charge in [-0.2, -0.15) is 0 Å². The van der Waals surface area contributed by atoms with E-state index < -0.39 is 11.7 Å². The van der Waals surface area contributed by atoms with Gasteiger partial charge in [0.2, 0.25) is 0 Å². The second-order valence-electron chi connectivity index (χ2n) is 6.37. The lowest BCUT2D eigenvalue weighted by Gasteiger charge is -2.11. The van der Waals surface area contributed by atoms with Crippen LogP contribution in [0.3, 0.4) is 0 Å². The fraction of sp³-hybridized carbons (Fsp3) is 0.182. The number of furan rings is 1. The number of amides is 2. The van der Waals surface area contributed by atoms with Crippen LogP contribution < -0.4 is 15.4 Å². The lowest BCUT2D eigenvalue weighted by molar-refractivity contribution is 0.101. The molecule has 3 aromatic rings. The van der Waals surface area contributed by atoms with E-state index in [1.807, 2.05) is 6.92 Å². The molecular formula is C22H21FN2O4. The summed E-state index contributed by atoms with van der Waals surface area (Å²) < 4.78 is 24.8. The number of hydrogen-bond acceptors (Lipinski definition) is 4. The monoisotopic (exact) mass is 396 g/mol. The highest BCUT2D eigenvalue weighted by Gasteiger charge is 2.15. The molecule has 0 bridgehead atoms. The van der Waals surface area contributed by atoms with Crippen molar-refractivity contribution in [3.63, 3.8) is 0 Å². The minimum atomic E-state index is -0.618. The van der Waals surface area contributed by atoms with Crippen LogP contribution in [0.1, 0.15) is 39.8 Å². The van der Waals surface area contributed by atoms with Crippen LogP contribution in [-0.4, -0.2) is 18.4 Å². The molecular weight excluding hydrogens is 375 g/mol. The molecule has 0 unspecified atom stereocenters. The van der Waals surface area contributed by atoms with Crippen LogP contribution in [0.15, 0.2) is 59.2 Å². The quantitative estimate of drug-likeness (QED) is 0.588.